The molecular formula is C46H31ClF6N6O2. The lowest BCUT2D eigenvalue weighted by molar-refractivity contribution is -0.142. The molecule has 0 saturated heterocycles. The van der Waals surface area contributed by atoms with Gasteiger partial charge >= 0.3 is 12.4 Å². The molecule has 2 heterocycles. The van der Waals surface area contributed by atoms with E-state index in [1.54, 1.807) is 36.4 Å². The third kappa shape index (κ3) is 9.55. The molecule has 2 aromatic heterocycles. The van der Waals surface area contributed by atoms with E-state index in [2.05, 4.69) is 10.2 Å². The predicted molar refractivity (Wildman–Crippen MR) is 221 cm³/mol. The number of primary amides is 2. The maximum absolute atomic E-state index is 13.4. The molecule has 306 valence electrons. The van der Waals surface area contributed by atoms with Crippen molar-refractivity contribution in [2.75, 3.05) is 0 Å². The summed E-state index contributed by atoms with van der Waals surface area (Å²) in [5, 5.41) is 8.13. The molecule has 0 fully saturated rings. The second-order valence-corrected chi connectivity index (χ2v) is 13.9. The summed E-state index contributed by atoms with van der Waals surface area (Å²) >= 11 is 5.92. The van der Waals surface area contributed by atoms with E-state index in [0.29, 0.717) is 27.5 Å². The van der Waals surface area contributed by atoms with Crippen LogP contribution in [-0.2, 0) is 12.4 Å². The molecule has 0 radical (unpaired) electrons. The molecule has 0 saturated carbocycles. The minimum atomic E-state index is -4.60. The zero-order valence-corrected chi connectivity index (χ0v) is 32.3. The van der Waals surface area contributed by atoms with Crippen LogP contribution in [0.4, 0.5) is 26.3 Å². The fourth-order valence-electron chi connectivity index (χ4n) is 6.32. The standard InChI is InChI=1S/C23H15ClF3N3O.C23H16F3N3O/c24-18-9-5-15(6-10-18)14-1-3-16(4-2-14)20-13-21(23(25,26)27)29-30(20)19-11-7-17(8-12-19)22(28)31;24-23(25,26)21-14-20(29(28-21)19-12-10-18(11-13-19)22(27)30)17-8-6-16(7-9-17)15-4-2-1-3-5-15/h1-13H,(H2,28,31);1-14H,(H2,27,30). The molecule has 8 aromatic rings. The van der Waals surface area contributed by atoms with Gasteiger partial charge in [0.2, 0.25) is 11.8 Å². The molecule has 0 aliphatic heterocycles. The predicted octanol–water partition coefficient (Wildman–Crippen LogP) is 11.3. The van der Waals surface area contributed by atoms with Gasteiger partial charge in [-0.1, -0.05) is 103 Å². The molecule has 0 bridgehead atoms. The average Bonchev–Trinajstić information content (AvgIpc) is 3.92. The number of alkyl halides is 6. The highest BCUT2D eigenvalue weighted by Crippen LogP contribution is 2.36. The summed E-state index contributed by atoms with van der Waals surface area (Å²) in [4.78, 5) is 22.6. The molecule has 8 nitrogen and oxygen atoms in total. The number of benzene rings is 6. The normalized spacial score (nSPS) is 11.5. The van der Waals surface area contributed by atoms with E-state index in [1.165, 1.54) is 57.9 Å². The van der Waals surface area contributed by atoms with Crippen molar-refractivity contribution in [1.29, 1.82) is 0 Å². The van der Waals surface area contributed by atoms with E-state index in [-0.39, 0.29) is 22.5 Å². The maximum Gasteiger partial charge on any atom is 0.435 e. The monoisotopic (exact) mass is 848 g/mol. The Hall–Kier alpha value is -7.45. The smallest absolute Gasteiger partial charge is 0.366 e. The minimum Gasteiger partial charge on any atom is -0.366 e. The number of aromatic nitrogens is 4. The number of carbonyl (C=O) groups excluding carboxylic acids is 2. The lowest BCUT2D eigenvalue weighted by atomic mass is 10.0. The van der Waals surface area contributed by atoms with Gasteiger partial charge in [0.1, 0.15) is 0 Å². The van der Waals surface area contributed by atoms with Crippen LogP contribution in [0.15, 0.2) is 164 Å². The minimum absolute atomic E-state index is 0.251. The third-order valence-electron chi connectivity index (χ3n) is 9.44. The molecule has 6 aromatic carbocycles. The Bertz CT molecular complexity index is 2800. The van der Waals surface area contributed by atoms with E-state index in [4.69, 9.17) is 23.1 Å². The van der Waals surface area contributed by atoms with Crippen molar-refractivity contribution in [2.24, 2.45) is 11.5 Å². The zero-order chi connectivity index (χ0) is 43.5. The fourth-order valence-corrected chi connectivity index (χ4v) is 6.44. The molecular weight excluding hydrogens is 818 g/mol. The van der Waals surface area contributed by atoms with Crippen LogP contribution in [-0.4, -0.2) is 31.4 Å². The molecule has 8 rings (SSSR count). The molecule has 4 N–H and O–H groups in total. The van der Waals surface area contributed by atoms with Crippen molar-refractivity contribution in [3.05, 3.63) is 191 Å². The van der Waals surface area contributed by atoms with E-state index < -0.39 is 35.6 Å². The van der Waals surface area contributed by atoms with Crippen LogP contribution in [0.1, 0.15) is 32.1 Å². The number of nitrogens with zero attached hydrogens (tertiary/aromatic N) is 4. The Labute approximate surface area is 349 Å². The molecule has 2 amide bonds. The maximum atomic E-state index is 13.4. The van der Waals surface area contributed by atoms with Crippen LogP contribution in [0.2, 0.25) is 5.02 Å². The summed E-state index contributed by atoms with van der Waals surface area (Å²) in [5.74, 6) is -1.24. The van der Waals surface area contributed by atoms with Gasteiger partial charge in [0.15, 0.2) is 11.4 Å². The highest BCUT2D eigenvalue weighted by molar-refractivity contribution is 6.30. The van der Waals surface area contributed by atoms with Crippen LogP contribution in [0.5, 0.6) is 0 Å². The number of hydrogen-bond acceptors (Lipinski definition) is 4. The highest BCUT2D eigenvalue weighted by atomic mass is 35.5. The molecule has 0 spiro atoms. The van der Waals surface area contributed by atoms with Crippen molar-refractivity contribution in [1.82, 2.24) is 19.6 Å². The Balaban J connectivity index is 0.000000184. The summed E-state index contributed by atoms with van der Waals surface area (Å²) in [6.07, 6.45) is -9.19. The van der Waals surface area contributed by atoms with Crippen molar-refractivity contribution in [3.63, 3.8) is 0 Å². The van der Waals surface area contributed by atoms with E-state index in [1.807, 2.05) is 66.7 Å². The van der Waals surface area contributed by atoms with E-state index in [0.717, 1.165) is 34.4 Å². The van der Waals surface area contributed by atoms with Gasteiger partial charge in [-0.05, 0) is 95.1 Å². The van der Waals surface area contributed by atoms with Gasteiger partial charge in [0.25, 0.3) is 0 Å². The zero-order valence-electron chi connectivity index (χ0n) is 31.5. The number of halogens is 7. The number of carbonyl (C=O) groups is 2. The van der Waals surface area contributed by atoms with Crippen molar-refractivity contribution in [2.45, 2.75) is 12.4 Å². The SMILES string of the molecule is NC(=O)c1ccc(-n2nc(C(F)(F)F)cc2-c2ccc(-c3ccc(Cl)cc3)cc2)cc1.NC(=O)c1ccc(-n2nc(C(F)(F)F)cc2-c2ccc(-c3ccccc3)cc2)cc1. The molecule has 0 aliphatic carbocycles. The second kappa shape index (κ2) is 17.0. The molecule has 15 heteroatoms. The highest BCUT2D eigenvalue weighted by Gasteiger charge is 2.36. The van der Waals surface area contributed by atoms with E-state index >= 15 is 0 Å². The summed E-state index contributed by atoms with van der Waals surface area (Å²) in [6.45, 7) is 0. The largest absolute Gasteiger partial charge is 0.435 e. The van der Waals surface area contributed by atoms with Gasteiger partial charge in [0, 0.05) is 27.3 Å². The quantitative estimate of drug-likeness (QED) is 0.148. The number of amides is 2. The van der Waals surface area contributed by atoms with Gasteiger partial charge in [0.05, 0.1) is 22.8 Å². The average molecular weight is 849 g/mol. The van der Waals surface area contributed by atoms with Gasteiger partial charge in [-0.3, -0.25) is 9.59 Å². The first-order valence-corrected chi connectivity index (χ1v) is 18.6. The van der Waals surface area contributed by atoms with Crippen LogP contribution >= 0.6 is 11.6 Å². The molecule has 0 unspecified atom stereocenters. The van der Waals surface area contributed by atoms with Crippen molar-refractivity contribution >= 4 is 23.4 Å². The first kappa shape index (κ1) is 41.7. The third-order valence-corrected chi connectivity index (χ3v) is 9.69. The fraction of sp³-hybridized carbons (Fsp3) is 0.0435. The van der Waals surface area contributed by atoms with Crippen molar-refractivity contribution < 1.29 is 35.9 Å². The summed E-state index contributed by atoms with van der Waals surface area (Å²) in [5.41, 5.74) is 15.2. The molecule has 61 heavy (non-hydrogen) atoms. The van der Waals surface area contributed by atoms with Crippen molar-refractivity contribution in [3.8, 4) is 56.1 Å². The van der Waals surface area contributed by atoms with Crippen LogP contribution < -0.4 is 11.5 Å². The summed E-state index contributed by atoms with van der Waals surface area (Å²) < 4.78 is 82.5. The van der Waals surface area contributed by atoms with E-state index in [9.17, 15) is 35.9 Å². The lowest BCUT2D eigenvalue weighted by Gasteiger charge is -2.09. The van der Waals surface area contributed by atoms with Gasteiger partial charge in [-0.15, -0.1) is 0 Å². The van der Waals surface area contributed by atoms with Gasteiger partial charge in [-0.25, -0.2) is 9.36 Å². The Morgan fingerprint density at radius 2 is 0.754 bits per heavy atom. The Morgan fingerprint density at radius 3 is 1.08 bits per heavy atom. The Kier molecular flexibility index (Phi) is 11.6. The number of nitrogens with two attached hydrogens (primary N) is 2. The topological polar surface area (TPSA) is 122 Å². The van der Waals surface area contributed by atoms with Crippen LogP contribution in [0.3, 0.4) is 0 Å². The number of rotatable bonds is 8. The lowest BCUT2D eigenvalue weighted by Crippen LogP contribution is -2.11. The van der Waals surface area contributed by atoms with Gasteiger partial charge < -0.3 is 11.5 Å². The van der Waals surface area contributed by atoms with Crippen LogP contribution in [0, 0.1) is 0 Å². The second-order valence-electron chi connectivity index (χ2n) is 13.5. The summed E-state index contributed by atoms with van der Waals surface area (Å²) in [7, 11) is 0. The molecule has 0 aliphatic rings. The summed E-state index contributed by atoms with van der Waals surface area (Å²) in [6, 6.07) is 45.1. The Morgan fingerprint density at radius 1 is 0.443 bits per heavy atom. The first-order valence-electron chi connectivity index (χ1n) is 18.2. The van der Waals surface area contributed by atoms with Crippen LogP contribution in [0.25, 0.3) is 56.1 Å². The first-order chi connectivity index (χ1) is 29.0. The number of hydrogen-bond donors (Lipinski definition) is 2. The molecule has 0 atom stereocenters. The van der Waals surface area contributed by atoms with Gasteiger partial charge in [-0.2, -0.15) is 36.5 Å².